The van der Waals surface area contributed by atoms with Crippen LogP contribution in [0.2, 0.25) is 0 Å². The fourth-order valence-electron chi connectivity index (χ4n) is 1.90. The van der Waals surface area contributed by atoms with Crippen molar-refractivity contribution in [1.82, 2.24) is 0 Å². The summed E-state index contributed by atoms with van der Waals surface area (Å²) in [6.45, 7) is 2.22. The van der Waals surface area contributed by atoms with Gasteiger partial charge in [0.2, 0.25) is 0 Å². The normalized spacial score (nSPS) is 17.7. The van der Waals surface area contributed by atoms with Crippen molar-refractivity contribution in [2.24, 2.45) is 0 Å². The summed E-state index contributed by atoms with van der Waals surface area (Å²) in [5, 5.41) is 0. The lowest BCUT2D eigenvalue weighted by Crippen LogP contribution is -2.01. The molecule has 2 nitrogen and oxygen atoms in total. The van der Waals surface area contributed by atoms with E-state index in [0.29, 0.717) is 19.3 Å². The Balaban J connectivity index is 1.61. The van der Waals surface area contributed by atoms with Crippen LogP contribution in [0.5, 0.6) is 0 Å². The first kappa shape index (κ1) is 11.5. The molecule has 0 radical (unpaired) electrons. The summed E-state index contributed by atoms with van der Waals surface area (Å²) < 4.78 is 10.7. The smallest absolute Gasteiger partial charge is 0.104 e. The number of rotatable bonds is 5. The van der Waals surface area contributed by atoms with Crippen LogP contribution in [0.3, 0.4) is 0 Å². The van der Waals surface area contributed by atoms with E-state index in [4.69, 9.17) is 9.47 Å². The minimum atomic E-state index is 0.341. The third-order valence-corrected chi connectivity index (χ3v) is 3.04. The number of hydrogen-bond acceptors (Lipinski definition) is 2. The van der Waals surface area contributed by atoms with Crippen LogP contribution in [0.4, 0.5) is 0 Å². The lowest BCUT2D eigenvalue weighted by atomic mass is 10.0. The molecule has 18 heavy (non-hydrogen) atoms. The molecule has 2 aromatic rings. The van der Waals surface area contributed by atoms with Crippen molar-refractivity contribution in [2.45, 2.75) is 12.7 Å². The van der Waals surface area contributed by atoms with Gasteiger partial charge in [0.05, 0.1) is 19.8 Å². The number of ether oxygens (including phenoxy) is 2. The molecule has 0 aliphatic carbocycles. The van der Waals surface area contributed by atoms with E-state index in [1.807, 2.05) is 6.07 Å². The molecule has 1 aliphatic heterocycles. The number of epoxide rings is 1. The molecule has 3 rings (SSSR count). The van der Waals surface area contributed by atoms with E-state index in [1.54, 1.807) is 0 Å². The first-order valence-electron chi connectivity index (χ1n) is 6.25. The Hall–Kier alpha value is -1.64. The summed E-state index contributed by atoms with van der Waals surface area (Å²) >= 11 is 0. The van der Waals surface area contributed by atoms with Gasteiger partial charge in [0.1, 0.15) is 6.10 Å². The molecule has 1 aliphatic rings. The number of benzene rings is 2. The molecule has 0 bridgehead atoms. The first-order valence-corrected chi connectivity index (χ1v) is 6.25. The maximum Gasteiger partial charge on any atom is 0.104 e. The molecule has 1 unspecified atom stereocenters. The van der Waals surface area contributed by atoms with E-state index in [1.165, 1.54) is 16.7 Å². The van der Waals surface area contributed by atoms with Crippen molar-refractivity contribution in [3.63, 3.8) is 0 Å². The van der Waals surface area contributed by atoms with E-state index in [-0.39, 0.29) is 0 Å². The van der Waals surface area contributed by atoms with Crippen LogP contribution in [-0.2, 0) is 16.1 Å². The molecule has 2 heteroatoms. The van der Waals surface area contributed by atoms with Gasteiger partial charge in [0.15, 0.2) is 0 Å². The Bertz CT molecular complexity index is 486. The van der Waals surface area contributed by atoms with Crippen LogP contribution in [0.15, 0.2) is 54.6 Å². The molecule has 0 spiro atoms. The lowest BCUT2D eigenvalue weighted by molar-refractivity contribution is 0.104. The van der Waals surface area contributed by atoms with E-state index in [0.717, 1.165) is 6.61 Å². The van der Waals surface area contributed by atoms with E-state index >= 15 is 0 Å². The first-order chi connectivity index (χ1) is 8.92. The van der Waals surface area contributed by atoms with Gasteiger partial charge in [-0.2, -0.15) is 0 Å². The molecule has 1 saturated heterocycles. The average Bonchev–Trinajstić information content (AvgIpc) is 3.25. The van der Waals surface area contributed by atoms with Gasteiger partial charge in [-0.15, -0.1) is 0 Å². The third-order valence-electron chi connectivity index (χ3n) is 3.04. The monoisotopic (exact) mass is 240 g/mol. The topological polar surface area (TPSA) is 21.8 Å². The minimum absolute atomic E-state index is 0.341. The SMILES string of the molecule is c1ccc(-c2ccc(COCC3CO3)cc2)cc1. The molecule has 0 saturated carbocycles. The largest absolute Gasteiger partial charge is 0.374 e. The van der Waals surface area contributed by atoms with E-state index < -0.39 is 0 Å². The van der Waals surface area contributed by atoms with Gasteiger partial charge in [-0.1, -0.05) is 54.6 Å². The quantitative estimate of drug-likeness (QED) is 0.748. The Kier molecular flexibility index (Phi) is 3.40. The highest BCUT2D eigenvalue weighted by Gasteiger charge is 2.22. The predicted octanol–water partition coefficient (Wildman–Crippen LogP) is 3.27. The van der Waals surface area contributed by atoms with Gasteiger partial charge >= 0.3 is 0 Å². The zero-order valence-corrected chi connectivity index (χ0v) is 10.2. The zero-order chi connectivity index (χ0) is 12.2. The van der Waals surface area contributed by atoms with Gasteiger partial charge in [0, 0.05) is 0 Å². The molecule has 0 aromatic heterocycles. The molecule has 2 aromatic carbocycles. The molecule has 1 heterocycles. The highest BCUT2D eigenvalue weighted by molar-refractivity contribution is 5.63. The fraction of sp³-hybridized carbons (Fsp3) is 0.250. The van der Waals surface area contributed by atoms with Crippen molar-refractivity contribution in [3.05, 3.63) is 60.2 Å². The fourth-order valence-corrected chi connectivity index (χ4v) is 1.90. The van der Waals surface area contributed by atoms with Gasteiger partial charge < -0.3 is 9.47 Å². The summed E-state index contributed by atoms with van der Waals surface area (Å²) in [4.78, 5) is 0. The lowest BCUT2D eigenvalue weighted by Gasteiger charge is -2.05. The number of hydrogen-bond donors (Lipinski definition) is 0. The van der Waals surface area contributed by atoms with Gasteiger partial charge in [-0.05, 0) is 16.7 Å². The summed E-state index contributed by atoms with van der Waals surface area (Å²) in [6.07, 6.45) is 0.341. The maximum atomic E-state index is 5.56. The molecule has 1 fully saturated rings. The highest BCUT2D eigenvalue weighted by atomic mass is 16.6. The van der Waals surface area contributed by atoms with E-state index in [9.17, 15) is 0 Å². The van der Waals surface area contributed by atoms with Crippen LogP contribution < -0.4 is 0 Å². The highest BCUT2D eigenvalue weighted by Crippen LogP contribution is 2.19. The Labute approximate surface area is 107 Å². The zero-order valence-electron chi connectivity index (χ0n) is 10.2. The summed E-state index contributed by atoms with van der Waals surface area (Å²) in [5.74, 6) is 0. The van der Waals surface area contributed by atoms with Crippen LogP contribution in [0.1, 0.15) is 5.56 Å². The van der Waals surface area contributed by atoms with E-state index in [2.05, 4.69) is 48.5 Å². The molecule has 1 atom stereocenters. The van der Waals surface area contributed by atoms with Crippen molar-refractivity contribution in [3.8, 4) is 11.1 Å². The molecular weight excluding hydrogens is 224 g/mol. The van der Waals surface area contributed by atoms with Crippen molar-refractivity contribution < 1.29 is 9.47 Å². The van der Waals surface area contributed by atoms with Crippen LogP contribution in [-0.4, -0.2) is 19.3 Å². The Morgan fingerprint density at radius 1 is 0.944 bits per heavy atom. The van der Waals surface area contributed by atoms with Crippen molar-refractivity contribution >= 4 is 0 Å². The van der Waals surface area contributed by atoms with Crippen molar-refractivity contribution in [1.29, 1.82) is 0 Å². The van der Waals surface area contributed by atoms with Crippen LogP contribution >= 0.6 is 0 Å². The Morgan fingerprint density at radius 2 is 1.61 bits per heavy atom. The molecule has 0 N–H and O–H groups in total. The summed E-state index contributed by atoms with van der Waals surface area (Å²) in [5.41, 5.74) is 3.69. The standard InChI is InChI=1S/C16H16O2/c1-2-4-14(5-3-1)15-8-6-13(7-9-15)10-17-11-16-12-18-16/h1-9,16H,10-12H2. The molecule has 0 amide bonds. The van der Waals surface area contributed by atoms with Gasteiger partial charge in [0.25, 0.3) is 0 Å². The maximum absolute atomic E-state index is 5.56. The molecule has 92 valence electrons. The minimum Gasteiger partial charge on any atom is -0.374 e. The Morgan fingerprint density at radius 3 is 2.28 bits per heavy atom. The summed E-state index contributed by atoms with van der Waals surface area (Å²) in [7, 11) is 0. The van der Waals surface area contributed by atoms with Crippen LogP contribution in [0.25, 0.3) is 11.1 Å². The second-order valence-electron chi connectivity index (χ2n) is 4.53. The summed E-state index contributed by atoms with van der Waals surface area (Å²) in [6, 6.07) is 18.9. The second kappa shape index (κ2) is 5.34. The van der Waals surface area contributed by atoms with Gasteiger partial charge in [-0.3, -0.25) is 0 Å². The predicted molar refractivity (Wildman–Crippen MR) is 71.3 cm³/mol. The average molecular weight is 240 g/mol. The third kappa shape index (κ3) is 2.97. The van der Waals surface area contributed by atoms with Crippen molar-refractivity contribution in [2.75, 3.05) is 13.2 Å². The van der Waals surface area contributed by atoms with Gasteiger partial charge in [-0.25, -0.2) is 0 Å². The second-order valence-corrected chi connectivity index (χ2v) is 4.53. The molecular formula is C16H16O2. The van der Waals surface area contributed by atoms with Crippen LogP contribution in [0, 0.1) is 0 Å².